The summed E-state index contributed by atoms with van der Waals surface area (Å²) in [6, 6.07) is 4.32. The van der Waals surface area contributed by atoms with Gasteiger partial charge in [0.15, 0.2) is 0 Å². The zero-order chi connectivity index (χ0) is 14.0. The third-order valence-electron chi connectivity index (χ3n) is 3.48. The average molecular weight is 266 g/mol. The molecule has 1 amide bonds. The minimum Gasteiger partial charge on any atom is -0.392 e. The van der Waals surface area contributed by atoms with Crippen molar-refractivity contribution in [2.24, 2.45) is 0 Å². The van der Waals surface area contributed by atoms with Crippen molar-refractivity contribution in [2.45, 2.75) is 38.5 Å². The molecule has 0 radical (unpaired) electrons. The predicted molar refractivity (Wildman–Crippen MR) is 70.1 cm³/mol. The molecule has 2 rings (SSSR count). The Bertz CT molecular complexity index is 479. The highest BCUT2D eigenvalue weighted by molar-refractivity contribution is 5.82. The maximum Gasteiger partial charge on any atom is 0.237 e. The van der Waals surface area contributed by atoms with Crippen molar-refractivity contribution in [1.29, 1.82) is 0 Å². The summed E-state index contributed by atoms with van der Waals surface area (Å²) in [7, 11) is 0. The average Bonchev–Trinajstić information content (AvgIpc) is 2.79. The number of hydrogen-bond donors (Lipinski definition) is 3. The summed E-state index contributed by atoms with van der Waals surface area (Å²) in [5.41, 5.74) is 1.32. The van der Waals surface area contributed by atoms with Crippen molar-refractivity contribution in [2.75, 3.05) is 6.54 Å². The van der Waals surface area contributed by atoms with Gasteiger partial charge in [0.1, 0.15) is 5.82 Å². The molecule has 5 heteroatoms. The zero-order valence-corrected chi connectivity index (χ0v) is 11.1. The second-order valence-electron chi connectivity index (χ2n) is 5.09. The van der Waals surface area contributed by atoms with E-state index >= 15 is 0 Å². The first-order valence-corrected chi connectivity index (χ1v) is 6.45. The molecule has 0 aliphatic carbocycles. The number of aliphatic hydroxyl groups excluding tert-OH is 1. The van der Waals surface area contributed by atoms with Gasteiger partial charge in [-0.05, 0) is 37.5 Å². The molecule has 1 heterocycles. The number of nitrogens with one attached hydrogen (secondary N) is 2. The van der Waals surface area contributed by atoms with E-state index in [2.05, 4.69) is 10.6 Å². The highest BCUT2D eigenvalue weighted by Gasteiger charge is 2.28. The number of carbonyl (C=O) groups is 1. The number of aryl methyl sites for hydroxylation is 1. The smallest absolute Gasteiger partial charge is 0.237 e. The van der Waals surface area contributed by atoms with Crippen LogP contribution in [0.15, 0.2) is 18.2 Å². The van der Waals surface area contributed by atoms with Gasteiger partial charge in [-0.3, -0.25) is 4.79 Å². The van der Waals surface area contributed by atoms with Crippen LogP contribution in [-0.2, 0) is 4.79 Å². The minimum atomic E-state index is -0.470. The molecule has 0 saturated carbocycles. The molecule has 3 unspecified atom stereocenters. The number of rotatable bonds is 3. The van der Waals surface area contributed by atoms with Gasteiger partial charge in [0.05, 0.1) is 18.2 Å². The molecule has 1 aromatic rings. The molecular weight excluding hydrogens is 247 g/mol. The van der Waals surface area contributed by atoms with E-state index in [1.807, 2.05) is 6.92 Å². The van der Waals surface area contributed by atoms with Gasteiger partial charge in [0, 0.05) is 6.54 Å². The number of β-amino-alcohol motifs (C(OH)–C–C–N with tert-alkyl or cyclic N) is 1. The number of amides is 1. The molecule has 1 aromatic carbocycles. The number of carbonyl (C=O) groups excluding carboxylic acids is 1. The number of hydrogen-bond acceptors (Lipinski definition) is 3. The van der Waals surface area contributed by atoms with Crippen molar-refractivity contribution in [1.82, 2.24) is 10.6 Å². The van der Waals surface area contributed by atoms with Gasteiger partial charge in [0.2, 0.25) is 5.91 Å². The summed E-state index contributed by atoms with van der Waals surface area (Å²) in [6.45, 7) is 3.95. The molecule has 1 fully saturated rings. The molecule has 19 heavy (non-hydrogen) atoms. The Morgan fingerprint density at radius 1 is 1.58 bits per heavy atom. The highest BCUT2D eigenvalue weighted by Crippen LogP contribution is 2.17. The normalized spacial score (nSPS) is 24.2. The predicted octanol–water partition coefficient (Wildman–Crippen LogP) is 1.03. The van der Waals surface area contributed by atoms with Crippen LogP contribution in [0.4, 0.5) is 4.39 Å². The molecule has 104 valence electrons. The molecule has 1 aliphatic rings. The monoisotopic (exact) mass is 266 g/mol. The molecule has 3 N–H and O–H groups in total. The van der Waals surface area contributed by atoms with Crippen LogP contribution >= 0.6 is 0 Å². The van der Waals surface area contributed by atoms with Gasteiger partial charge in [0.25, 0.3) is 0 Å². The number of halogens is 1. The summed E-state index contributed by atoms with van der Waals surface area (Å²) in [4.78, 5) is 11.9. The fourth-order valence-corrected chi connectivity index (χ4v) is 2.19. The van der Waals surface area contributed by atoms with Gasteiger partial charge < -0.3 is 15.7 Å². The van der Waals surface area contributed by atoms with E-state index in [-0.39, 0.29) is 23.8 Å². The summed E-state index contributed by atoms with van der Waals surface area (Å²) in [6.07, 6.45) is -0.0521. The molecule has 3 atom stereocenters. The Hall–Kier alpha value is -1.46. The van der Waals surface area contributed by atoms with Gasteiger partial charge in [-0.2, -0.15) is 0 Å². The highest BCUT2D eigenvalue weighted by atomic mass is 19.1. The Balaban J connectivity index is 1.98. The lowest BCUT2D eigenvalue weighted by Crippen LogP contribution is -2.41. The van der Waals surface area contributed by atoms with Crippen LogP contribution < -0.4 is 10.6 Å². The van der Waals surface area contributed by atoms with Crippen molar-refractivity contribution < 1.29 is 14.3 Å². The molecule has 4 nitrogen and oxygen atoms in total. The quantitative estimate of drug-likeness (QED) is 0.766. The number of aliphatic hydroxyl groups is 1. The van der Waals surface area contributed by atoms with Crippen LogP contribution in [0.2, 0.25) is 0 Å². The largest absolute Gasteiger partial charge is 0.392 e. The van der Waals surface area contributed by atoms with E-state index in [1.54, 1.807) is 19.1 Å². The van der Waals surface area contributed by atoms with E-state index < -0.39 is 6.10 Å². The van der Waals surface area contributed by atoms with Gasteiger partial charge in [-0.15, -0.1) is 0 Å². The SMILES string of the molecule is Cc1ccc(C(C)NC(=O)C2CC(O)CN2)cc1F. The Kier molecular flexibility index (Phi) is 4.17. The van der Waals surface area contributed by atoms with E-state index in [4.69, 9.17) is 0 Å². The maximum absolute atomic E-state index is 13.5. The first kappa shape index (κ1) is 14.0. The van der Waals surface area contributed by atoms with Gasteiger partial charge in [-0.25, -0.2) is 4.39 Å². The summed E-state index contributed by atoms with van der Waals surface area (Å²) in [5.74, 6) is -0.432. The van der Waals surface area contributed by atoms with Crippen molar-refractivity contribution in [3.8, 4) is 0 Å². The Morgan fingerprint density at radius 3 is 2.89 bits per heavy atom. The molecule has 0 bridgehead atoms. The topological polar surface area (TPSA) is 61.4 Å². The molecule has 1 saturated heterocycles. The zero-order valence-electron chi connectivity index (χ0n) is 11.1. The summed E-state index contributed by atoms with van der Waals surface area (Å²) < 4.78 is 13.5. The van der Waals surface area contributed by atoms with Crippen LogP contribution in [-0.4, -0.2) is 29.7 Å². The second-order valence-corrected chi connectivity index (χ2v) is 5.09. The first-order chi connectivity index (χ1) is 8.97. The van der Waals surface area contributed by atoms with E-state index in [0.29, 0.717) is 18.5 Å². The third kappa shape index (κ3) is 3.30. The van der Waals surface area contributed by atoms with E-state index in [9.17, 15) is 14.3 Å². The molecule has 0 aromatic heterocycles. The molecular formula is C14H19FN2O2. The van der Waals surface area contributed by atoms with Crippen LogP contribution in [0.1, 0.15) is 30.5 Å². The minimum absolute atomic E-state index is 0.162. The van der Waals surface area contributed by atoms with E-state index in [1.165, 1.54) is 6.07 Å². The van der Waals surface area contributed by atoms with Crippen molar-refractivity contribution >= 4 is 5.91 Å². The fourth-order valence-electron chi connectivity index (χ4n) is 2.19. The first-order valence-electron chi connectivity index (χ1n) is 6.45. The van der Waals surface area contributed by atoms with Gasteiger partial charge in [-0.1, -0.05) is 12.1 Å². The van der Waals surface area contributed by atoms with Crippen molar-refractivity contribution in [3.05, 3.63) is 35.1 Å². The van der Waals surface area contributed by atoms with E-state index in [0.717, 1.165) is 5.56 Å². The standard InChI is InChI=1S/C14H19FN2O2/c1-8-3-4-10(5-12(8)15)9(2)17-14(19)13-6-11(18)7-16-13/h3-5,9,11,13,16,18H,6-7H2,1-2H3,(H,17,19). The number of benzene rings is 1. The fraction of sp³-hybridized carbons (Fsp3) is 0.500. The van der Waals surface area contributed by atoms with Gasteiger partial charge >= 0.3 is 0 Å². The maximum atomic E-state index is 13.5. The van der Waals surface area contributed by atoms with Crippen LogP contribution in [0, 0.1) is 12.7 Å². The Labute approximate surface area is 112 Å². The van der Waals surface area contributed by atoms with Crippen LogP contribution in [0.5, 0.6) is 0 Å². The lowest BCUT2D eigenvalue weighted by atomic mass is 10.1. The van der Waals surface area contributed by atoms with Crippen LogP contribution in [0.3, 0.4) is 0 Å². The van der Waals surface area contributed by atoms with Crippen LogP contribution in [0.25, 0.3) is 0 Å². The lowest BCUT2D eigenvalue weighted by molar-refractivity contribution is -0.123. The molecule has 1 aliphatic heterocycles. The third-order valence-corrected chi connectivity index (χ3v) is 3.48. The Morgan fingerprint density at radius 2 is 2.32 bits per heavy atom. The lowest BCUT2D eigenvalue weighted by Gasteiger charge is -2.18. The molecule has 0 spiro atoms. The summed E-state index contributed by atoms with van der Waals surface area (Å²) in [5, 5.41) is 15.1. The summed E-state index contributed by atoms with van der Waals surface area (Å²) >= 11 is 0. The second kappa shape index (κ2) is 5.67. The van der Waals surface area contributed by atoms with Crippen molar-refractivity contribution in [3.63, 3.8) is 0 Å².